The Hall–Kier alpha value is -0.430. The lowest BCUT2D eigenvalue weighted by Crippen LogP contribution is -2.35. The van der Waals surface area contributed by atoms with Gasteiger partial charge in [0.1, 0.15) is 5.25 Å². The van der Waals surface area contributed by atoms with Crippen LogP contribution in [-0.4, -0.2) is 33.4 Å². The fourth-order valence-electron chi connectivity index (χ4n) is 2.07. The molecule has 1 aromatic carbocycles. The maximum atomic E-state index is 11.9. The molecule has 1 saturated heterocycles. The van der Waals surface area contributed by atoms with Gasteiger partial charge in [0, 0.05) is 17.6 Å². The van der Waals surface area contributed by atoms with Crippen LogP contribution in [0, 0.1) is 0 Å². The molecule has 0 aliphatic carbocycles. The van der Waals surface area contributed by atoms with Gasteiger partial charge in [-0.3, -0.25) is 0 Å². The van der Waals surface area contributed by atoms with Crippen molar-refractivity contribution in [2.24, 2.45) is 0 Å². The van der Waals surface area contributed by atoms with Gasteiger partial charge in [0.2, 0.25) is 10.0 Å². The zero-order valence-electron chi connectivity index (χ0n) is 10.6. The molecule has 106 valence electrons. The van der Waals surface area contributed by atoms with Gasteiger partial charge < -0.3 is 4.74 Å². The topological polar surface area (TPSA) is 55.4 Å². The number of nitrogens with one attached hydrogen (secondary N) is 1. The van der Waals surface area contributed by atoms with E-state index in [0.29, 0.717) is 26.2 Å². The zero-order valence-corrected chi connectivity index (χ0v) is 13.0. The van der Waals surface area contributed by atoms with Crippen molar-refractivity contribution < 1.29 is 13.2 Å². The number of sulfonamides is 1. The first-order valence-corrected chi connectivity index (χ1v) is 8.72. The van der Waals surface area contributed by atoms with E-state index in [0.717, 1.165) is 17.3 Å². The maximum absolute atomic E-state index is 11.9. The molecule has 1 heterocycles. The molecular weight excluding hydrogens is 330 g/mol. The average molecular weight is 348 g/mol. The summed E-state index contributed by atoms with van der Waals surface area (Å²) in [4.78, 5) is 0. The first kappa shape index (κ1) is 15.0. The maximum Gasteiger partial charge on any atom is 0.216 e. The van der Waals surface area contributed by atoms with Crippen molar-refractivity contribution in [1.29, 1.82) is 0 Å². The molecule has 1 aliphatic heterocycles. The highest BCUT2D eigenvalue weighted by Crippen LogP contribution is 2.14. The Labute approximate surface area is 122 Å². The standard InChI is InChI=1S/C13H18BrNO3S/c14-12-5-1-3-11(9-12)4-2-7-15-19(16,17)13-6-8-18-10-13/h1,3,5,9,13,15H,2,4,6-8,10H2. The van der Waals surface area contributed by atoms with Crippen LogP contribution in [-0.2, 0) is 21.2 Å². The molecule has 0 spiro atoms. The van der Waals surface area contributed by atoms with Crippen molar-refractivity contribution in [1.82, 2.24) is 4.72 Å². The van der Waals surface area contributed by atoms with Crippen LogP contribution in [0.25, 0.3) is 0 Å². The van der Waals surface area contributed by atoms with Crippen LogP contribution in [0.4, 0.5) is 0 Å². The third-order valence-corrected chi connectivity index (χ3v) is 5.51. The van der Waals surface area contributed by atoms with Crippen LogP contribution in [0.3, 0.4) is 0 Å². The van der Waals surface area contributed by atoms with Crippen LogP contribution in [0.5, 0.6) is 0 Å². The lowest BCUT2D eigenvalue weighted by Gasteiger charge is -2.11. The summed E-state index contributed by atoms with van der Waals surface area (Å²) in [5, 5.41) is -0.377. The van der Waals surface area contributed by atoms with E-state index in [1.807, 2.05) is 18.2 Å². The third kappa shape index (κ3) is 4.56. The molecule has 1 aromatic rings. The summed E-state index contributed by atoms with van der Waals surface area (Å²) in [5.74, 6) is 0. The highest BCUT2D eigenvalue weighted by atomic mass is 79.9. The number of ether oxygens (including phenoxy) is 1. The Morgan fingerprint density at radius 2 is 2.26 bits per heavy atom. The van der Waals surface area contributed by atoms with E-state index in [4.69, 9.17) is 4.74 Å². The minimum Gasteiger partial charge on any atom is -0.380 e. The van der Waals surface area contributed by atoms with Crippen molar-refractivity contribution in [3.8, 4) is 0 Å². The molecule has 1 N–H and O–H groups in total. The summed E-state index contributed by atoms with van der Waals surface area (Å²) in [6.45, 7) is 1.34. The monoisotopic (exact) mass is 347 g/mol. The van der Waals surface area contributed by atoms with Gasteiger partial charge in [-0.05, 0) is 37.0 Å². The van der Waals surface area contributed by atoms with Crippen molar-refractivity contribution >= 4 is 26.0 Å². The zero-order chi connectivity index (χ0) is 13.7. The normalized spacial score (nSPS) is 19.7. The van der Waals surface area contributed by atoms with Gasteiger partial charge in [-0.2, -0.15) is 0 Å². The van der Waals surface area contributed by atoms with E-state index in [-0.39, 0.29) is 5.25 Å². The van der Waals surface area contributed by atoms with Crippen LogP contribution in [0.2, 0.25) is 0 Å². The van der Waals surface area contributed by atoms with E-state index in [2.05, 4.69) is 26.7 Å². The molecule has 0 saturated carbocycles. The smallest absolute Gasteiger partial charge is 0.216 e. The summed E-state index contributed by atoms with van der Waals surface area (Å²) in [7, 11) is -3.21. The van der Waals surface area contributed by atoms with E-state index in [1.165, 1.54) is 5.56 Å². The fraction of sp³-hybridized carbons (Fsp3) is 0.538. The Balaban J connectivity index is 1.74. The second-order valence-corrected chi connectivity index (χ2v) is 7.62. The number of benzene rings is 1. The predicted octanol–water partition coefficient (Wildman–Crippen LogP) is 2.09. The second kappa shape index (κ2) is 6.83. The van der Waals surface area contributed by atoms with Crippen molar-refractivity contribution in [3.63, 3.8) is 0 Å². The predicted molar refractivity (Wildman–Crippen MR) is 78.6 cm³/mol. The molecule has 0 aromatic heterocycles. The highest BCUT2D eigenvalue weighted by Gasteiger charge is 2.28. The average Bonchev–Trinajstić information content (AvgIpc) is 2.89. The molecule has 1 atom stereocenters. The van der Waals surface area contributed by atoms with E-state index in [9.17, 15) is 8.42 Å². The van der Waals surface area contributed by atoms with Crippen LogP contribution in [0.15, 0.2) is 28.7 Å². The molecule has 0 bridgehead atoms. The Morgan fingerprint density at radius 1 is 1.42 bits per heavy atom. The van der Waals surface area contributed by atoms with Crippen molar-refractivity contribution in [2.75, 3.05) is 19.8 Å². The Morgan fingerprint density at radius 3 is 2.95 bits per heavy atom. The first-order chi connectivity index (χ1) is 9.08. The van der Waals surface area contributed by atoms with Gasteiger partial charge in [0.25, 0.3) is 0 Å². The van der Waals surface area contributed by atoms with E-state index in [1.54, 1.807) is 0 Å². The van der Waals surface area contributed by atoms with Crippen LogP contribution >= 0.6 is 15.9 Å². The summed E-state index contributed by atoms with van der Waals surface area (Å²) in [5.41, 5.74) is 1.21. The van der Waals surface area contributed by atoms with Crippen LogP contribution < -0.4 is 4.72 Å². The first-order valence-electron chi connectivity index (χ1n) is 6.38. The SMILES string of the molecule is O=S(=O)(NCCCc1cccc(Br)c1)C1CCOC1. The molecular formula is C13H18BrNO3S. The van der Waals surface area contributed by atoms with E-state index < -0.39 is 10.0 Å². The number of rotatable bonds is 6. The lowest BCUT2D eigenvalue weighted by molar-refractivity contribution is 0.198. The van der Waals surface area contributed by atoms with Gasteiger partial charge in [0.15, 0.2) is 0 Å². The molecule has 19 heavy (non-hydrogen) atoms. The molecule has 0 amide bonds. The molecule has 1 unspecified atom stereocenters. The van der Waals surface area contributed by atoms with Crippen LogP contribution in [0.1, 0.15) is 18.4 Å². The minimum atomic E-state index is -3.21. The highest BCUT2D eigenvalue weighted by molar-refractivity contribution is 9.10. The Bertz CT molecular complexity index is 512. The van der Waals surface area contributed by atoms with Crippen molar-refractivity contribution in [3.05, 3.63) is 34.3 Å². The molecule has 4 nitrogen and oxygen atoms in total. The summed E-state index contributed by atoms with van der Waals surface area (Å²) < 4.78 is 32.6. The number of hydrogen-bond acceptors (Lipinski definition) is 3. The number of halogens is 1. The lowest BCUT2D eigenvalue weighted by atomic mass is 10.1. The van der Waals surface area contributed by atoms with Gasteiger partial charge in [-0.15, -0.1) is 0 Å². The summed E-state index contributed by atoms with van der Waals surface area (Å²) >= 11 is 3.42. The molecule has 6 heteroatoms. The van der Waals surface area contributed by atoms with E-state index >= 15 is 0 Å². The summed E-state index contributed by atoms with van der Waals surface area (Å²) in [6.07, 6.45) is 2.26. The largest absolute Gasteiger partial charge is 0.380 e. The van der Waals surface area contributed by atoms with Gasteiger partial charge >= 0.3 is 0 Å². The number of aryl methyl sites for hydroxylation is 1. The molecule has 1 fully saturated rings. The van der Waals surface area contributed by atoms with Gasteiger partial charge in [-0.1, -0.05) is 28.1 Å². The van der Waals surface area contributed by atoms with Gasteiger partial charge in [0.05, 0.1) is 6.61 Å². The Kier molecular flexibility index (Phi) is 5.38. The van der Waals surface area contributed by atoms with Gasteiger partial charge in [-0.25, -0.2) is 13.1 Å². The molecule has 1 aliphatic rings. The second-order valence-electron chi connectivity index (χ2n) is 4.66. The number of hydrogen-bond donors (Lipinski definition) is 1. The minimum absolute atomic E-state index is 0.320. The fourth-order valence-corrected chi connectivity index (χ4v) is 3.87. The summed E-state index contributed by atoms with van der Waals surface area (Å²) in [6, 6.07) is 8.06. The molecule has 0 radical (unpaired) electrons. The third-order valence-electron chi connectivity index (χ3n) is 3.16. The molecule has 2 rings (SSSR count). The quantitative estimate of drug-likeness (QED) is 0.801. The van der Waals surface area contributed by atoms with Crippen molar-refractivity contribution in [2.45, 2.75) is 24.5 Å².